The summed E-state index contributed by atoms with van der Waals surface area (Å²) in [5, 5.41) is 9.54. The van der Waals surface area contributed by atoms with Gasteiger partial charge in [-0.1, -0.05) is 30.3 Å². The minimum absolute atomic E-state index is 0.211. The molecule has 1 aromatic carbocycles. The monoisotopic (exact) mass is 426 g/mol. The van der Waals surface area contributed by atoms with E-state index >= 15 is 0 Å². The first-order valence-corrected chi connectivity index (χ1v) is 10.8. The Morgan fingerprint density at radius 3 is 2.16 bits per heavy atom. The Bertz CT molecular complexity index is 851. The number of esters is 1. The molecule has 31 heavy (non-hydrogen) atoms. The molecule has 1 aliphatic rings. The average Bonchev–Trinajstić information content (AvgIpc) is 2.66. The molecule has 2 rings (SSSR count). The molecule has 0 bridgehead atoms. The van der Waals surface area contributed by atoms with Gasteiger partial charge in [-0.15, -0.1) is 0 Å². The fourth-order valence-electron chi connectivity index (χ4n) is 3.31. The Balaban J connectivity index is 1.96. The van der Waals surface area contributed by atoms with Crippen molar-refractivity contribution in [1.82, 2.24) is 4.90 Å². The van der Waals surface area contributed by atoms with Gasteiger partial charge in [0.05, 0.1) is 12.0 Å². The second kappa shape index (κ2) is 10.00. The van der Waals surface area contributed by atoms with Crippen molar-refractivity contribution in [3.8, 4) is 6.07 Å². The van der Waals surface area contributed by atoms with Crippen LogP contribution in [0.25, 0.3) is 5.57 Å². The summed E-state index contributed by atoms with van der Waals surface area (Å²) >= 11 is 0. The van der Waals surface area contributed by atoms with E-state index in [-0.39, 0.29) is 24.4 Å². The predicted octanol–water partition coefficient (Wildman–Crippen LogP) is 5.44. The first kappa shape index (κ1) is 24.5. The van der Waals surface area contributed by atoms with Crippen LogP contribution in [0, 0.1) is 11.3 Å². The number of amides is 1. The Kier molecular flexibility index (Phi) is 7.89. The summed E-state index contributed by atoms with van der Waals surface area (Å²) in [6, 6.07) is 10.2. The van der Waals surface area contributed by atoms with Gasteiger partial charge in [0.2, 0.25) is 0 Å². The van der Waals surface area contributed by atoms with Gasteiger partial charge in [0.15, 0.2) is 0 Å². The summed E-state index contributed by atoms with van der Waals surface area (Å²) in [5.74, 6) is -0.643. The van der Waals surface area contributed by atoms with Gasteiger partial charge in [-0.3, -0.25) is 4.79 Å². The van der Waals surface area contributed by atoms with Crippen LogP contribution in [-0.4, -0.2) is 41.3 Å². The smallest absolute Gasteiger partial charge is 0.410 e. The lowest BCUT2D eigenvalue weighted by atomic mass is 9.92. The van der Waals surface area contributed by atoms with Gasteiger partial charge in [0.1, 0.15) is 11.2 Å². The van der Waals surface area contributed by atoms with Gasteiger partial charge >= 0.3 is 12.1 Å². The molecule has 0 fully saturated rings. The molecule has 1 amide bonds. The lowest BCUT2D eigenvalue weighted by Gasteiger charge is -2.29. The van der Waals surface area contributed by atoms with Crippen molar-refractivity contribution in [3.63, 3.8) is 0 Å². The molecule has 1 heterocycles. The van der Waals surface area contributed by atoms with Crippen LogP contribution in [0.1, 0.15) is 77.8 Å². The highest BCUT2D eigenvalue weighted by atomic mass is 16.6. The SMILES string of the molecule is CC(C)(C)OC(=O)CCC(C#N)c1ccc(C2=CCN(C(=O)OC(C)(C)C)CC2)cc1. The summed E-state index contributed by atoms with van der Waals surface area (Å²) in [4.78, 5) is 25.9. The van der Waals surface area contributed by atoms with Gasteiger partial charge in [0, 0.05) is 19.5 Å². The summed E-state index contributed by atoms with van der Waals surface area (Å²) in [7, 11) is 0. The van der Waals surface area contributed by atoms with Gasteiger partial charge in [-0.25, -0.2) is 4.79 Å². The highest BCUT2D eigenvalue weighted by molar-refractivity contribution is 5.73. The van der Waals surface area contributed by atoms with E-state index in [9.17, 15) is 14.9 Å². The van der Waals surface area contributed by atoms with E-state index in [0.29, 0.717) is 19.5 Å². The number of hydrogen-bond acceptors (Lipinski definition) is 5. The zero-order valence-corrected chi connectivity index (χ0v) is 19.5. The number of benzene rings is 1. The first-order chi connectivity index (χ1) is 14.4. The number of nitriles is 1. The maximum atomic E-state index is 12.2. The summed E-state index contributed by atoms with van der Waals surface area (Å²) in [6.07, 6.45) is 3.15. The van der Waals surface area contributed by atoms with Crippen molar-refractivity contribution in [1.29, 1.82) is 5.26 Å². The number of carbonyl (C=O) groups is 2. The van der Waals surface area contributed by atoms with Crippen molar-refractivity contribution in [3.05, 3.63) is 41.5 Å². The lowest BCUT2D eigenvalue weighted by Crippen LogP contribution is -2.39. The minimum Gasteiger partial charge on any atom is -0.460 e. The molecule has 1 aromatic rings. The van der Waals surface area contributed by atoms with Crippen LogP contribution < -0.4 is 0 Å². The van der Waals surface area contributed by atoms with Crippen molar-refractivity contribution in [2.75, 3.05) is 13.1 Å². The third kappa shape index (κ3) is 8.09. The topological polar surface area (TPSA) is 79.6 Å². The number of nitrogens with zero attached hydrogens (tertiary/aromatic N) is 2. The molecule has 0 saturated heterocycles. The third-order valence-corrected chi connectivity index (χ3v) is 4.76. The molecular weight excluding hydrogens is 392 g/mol. The largest absolute Gasteiger partial charge is 0.460 e. The van der Waals surface area contributed by atoms with Crippen LogP contribution in [-0.2, 0) is 14.3 Å². The second-order valence-electron chi connectivity index (χ2n) is 9.83. The standard InChI is InChI=1S/C25H34N2O4/c1-24(2,3)30-22(28)12-11-21(17-26)19-9-7-18(8-10-19)20-13-15-27(16-14-20)23(29)31-25(4,5)6/h7-10,13,21H,11-12,14-16H2,1-6H3. The Morgan fingerprint density at radius 2 is 1.68 bits per heavy atom. The van der Waals surface area contributed by atoms with E-state index in [1.807, 2.05) is 71.9 Å². The van der Waals surface area contributed by atoms with Crippen LogP contribution >= 0.6 is 0 Å². The van der Waals surface area contributed by atoms with Gasteiger partial charge in [0.25, 0.3) is 0 Å². The molecule has 6 heteroatoms. The van der Waals surface area contributed by atoms with Crippen LogP contribution in [0.5, 0.6) is 0 Å². The highest BCUT2D eigenvalue weighted by Gasteiger charge is 2.24. The molecule has 0 saturated carbocycles. The number of rotatable bonds is 5. The van der Waals surface area contributed by atoms with Crippen LogP contribution in [0.2, 0.25) is 0 Å². The molecule has 0 radical (unpaired) electrons. The van der Waals surface area contributed by atoms with E-state index < -0.39 is 11.2 Å². The minimum atomic E-state index is -0.520. The lowest BCUT2D eigenvalue weighted by molar-refractivity contribution is -0.154. The van der Waals surface area contributed by atoms with E-state index in [1.165, 1.54) is 5.57 Å². The normalized spacial score (nSPS) is 15.5. The van der Waals surface area contributed by atoms with Crippen LogP contribution in [0.15, 0.2) is 30.3 Å². The van der Waals surface area contributed by atoms with Crippen molar-refractivity contribution in [2.45, 2.75) is 77.9 Å². The Morgan fingerprint density at radius 1 is 1.06 bits per heavy atom. The van der Waals surface area contributed by atoms with Crippen molar-refractivity contribution < 1.29 is 19.1 Å². The number of ether oxygens (including phenoxy) is 2. The fraction of sp³-hybridized carbons (Fsp3) is 0.560. The van der Waals surface area contributed by atoms with Crippen molar-refractivity contribution in [2.24, 2.45) is 0 Å². The zero-order chi connectivity index (χ0) is 23.2. The number of carbonyl (C=O) groups excluding carboxylic acids is 2. The Hall–Kier alpha value is -2.81. The quantitative estimate of drug-likeness (QED) is 0.586. The van der Waals surface area contributed by atoms with Gasteiger partial charge in [-0.05, 0) is 71.1 Å². The van der Waals surface area contributed by atoms with E-state index in [0.717, 1.165) is 17.5 Å². The van der Waals surface area contributed by atoms with Crippen molar-refractivity contribution >= 4 is 17.6 Å². The van der Waals surface area contributed by atoms with Crippen LogP contribution in [0.3, 0.4) is 0 Å². The average molecular weight is 427 g/mol. The first-order valence-electron chi connectivity index (χ1n) is 10.8. The summed E-state index contributed by atoms with van der Waals surface area (Å²) in [5.41, 5.74) is 2.12. The van der Waals surface area contributed by atoms with E-state index in [1.54, 1.807) is 4.90 Å². The fourth-order valence-corrected chi connectivity index (χ4v) is 3.31. The molecule has 168 valence electrons. The zero-order valence-electron chi connectivity index (χ0n) is 19.5. The Labute approximate surface area is 185 Å². The van der Waals surface area contributed by atoms with E-state index in [2.05, 4.69) is 6.07 Å². The maximum absolute atomic E-state index is 12.2. The highest BCUT2D eigenvalue weighted by Crippen LogP contribution is 2.27. The molecule has 1 atom stereocenters. The molecule has 6 nitrogen and oxygen atoms in total. The molecular formula is C25H34N2O4. The molecule has 0 aliphatic carbocycles. The molecule has 0 aromatic heterocycles. The molecule has 0 N–H and O–H groups in total. The second-order valence-corrected chi connectivity index (χ2v) is 9.83. The predicted molar refractivity (Wildman–Crippen MR) is 120 cm³/mol. The molecule has 1 aliphatic heterocycles. The van der Waals surface area contributed by atoms with Gasteiger partial charge < -0.3 is 14.4 Å². The molecule has 1 unspecified atom stereocenters. The summed E-state index contributed by atoms with van der Waals surface area (Å²) in [6.45, 7) is 12.2. The van der Waals surface area contributed by atoms with Crippen LogP contribution in [0.4, 0.5) is 4.79 Å². The summed E-state index contributed by atoms with van der Waals surface area (Å²) < 4.78 is 10.8. The maximum Gasteiger partial charge on any atom is 0.410 e. The number of hydrogen-bond donors (Lipinski definition) is 0. The third-order valence-electron chi connectivity index (χ3n) is 4.76. The van der Waals surface area contributed by atoms with Gasteiger partial charge in [-0.2, -0.15) is 5.26 Å². The van der Waals surface area contributed by atoms with E-state index in [4.69, 9.17) is 9.47 Å². The molecule has 0 spiro atoms.